The molecule has 0 radical (unpaired) electrons. The molecule has 14 heavy (non-hydrogen) atoms. The Balaban J connectivity index is 2.08. The van der Waals surface area contributed by atoms with Gasteiger partial charge >= 0.3 is 0 Å². The summed E-state index contributed by atoms with van der Waals surface area (Å²) in [5, 5.41) is 12.6. The molecule has 3 heteroatoms. The number of aromatic hydroxyl groups is 1. The van der Waals surface area contributed by atoms with Crippen LogP contribution in [0.1, 0.15) is 12.0 Å². The lowest BCUT2D eigenvalue weighted by Crippen LogP contribution is -2.10. The van der Waals surface area contributed by atoms with Gasteiger partial charge in [0.05, 0.1) is 0 Å². The Morgan fingerprint density at radius 1 is 1.50 bits per heavy atom. The molecule has 0 bridgehead atoms. The van der Waals surface area contributed by atoms with E-state index in [0.29, 0.717) is 5.75 Å². The summed E-state index contributed by atoms with van der Waals surface area (Å²) in [5.74, 6) is 1.07. The SMILES string of the molecule is Oc1ccc(CC2CCNC2)c(Br)c1. The van der Waals surface area contributed by atoms with Crippen molar-refractivity contribution in [1.29, 1.82) is 0 Å². The van der Waals surface area contributed by atoms with Crippen LogP contribution in [-0.2, 0) is 6.42 Å². The van der Waals surface area contributed by atoms with E-state index in [1.165, 1.54) is 12.0 Å². The van der Waals surface area contributed by atoms with E-state index < -0.39 is 0 Å². The van der Waals surface area contributed by atoms with E-state index in [1.807, 2.05) is 6.07 Å². The van der Waals surface area contributed by atoms with E-state index in [2.05, 4.69) is 21.2 Å². The Bertz CT molecular complexity index is 321. The van der Waals surface area contributed by atoms with Crippen molar-refractivity contribution in [2.45, 2.75) is 12.8 Å². The van der Waals surface area contributed by atoms with Gasteiger partial charge in [-0.15, -0.1) is 0 Å². The molecule has 0 saturated carbocycles. The van der Waals surface area contributed by atoms with E-state index in [0.717, 1.165) is 29.9 Å². The van der Waals surface area contributed by atoms with Crippen LogP contribution in [0.2, 0.25) is 0 Å². The molecule has 1 atom stereocenters. The van der Waals surface area contributed by atoms with Gasteiger partial charge in [0.25, 0.3) is 0 Å². The summed E-state index contributed by atoms with van der Waals surface area (Å²) >= 11 is 3.47. The Morgan fingerprint density at radius 3 is 3.00 bits per heavy atom. The van der Waals surface area contributed by atoms with Gasteiger partial charge < -0.3 is 10.4 Å². The van der Waals surface area contributed by atoms with Crippen molar-refractivity contribution < 1.29 is 5.11 Å². The van der Waals surface area contributed by atoms with Crippen LogP contribution in [0, 0.1) is 5.92 Å². The van der Waals surface area contributed by atoms with Crippen LogP contribution < -0.4 is 5.32 Å². The maximum Gasteiger partial charge on any atom is 0.116 e. The molecule has 1 heterocycles. The van der Waals surface area contributed by atoms with E-state index in [-0.39, 0.29) is 0 Å². The number of phenolic OH excluding ortho intramolecular Hbond substituents is 1. The summed E-state index contributed by atoms with van der Waals surface area (Å²) in [7, 11) is 0. The number of rotatable bonds is 2. The maximum atomic E-state index is 9.26. The van der Waals surface area contributed by atoms with Crippen LogP contribution in [-0.4, -0.2) is 18.2 Å². The molecular weight excluding hydrogens is 242 g/mol. The number of benzene rings is 1. The highest BCUT2D eigenvalue weighted by atomic mass is 79.9. The summed E-state index contributed by atoms with van der Waals surface area (Å²) in [6.07, 6.45) is 2.35. The molecule has 0 amide bonds. The van der Waals surface area contributed by atoms with Crippen LogP contribution in [0.3, 0.4) is 0 Å². The highest BCUT2D eigenvalue weighted by molar-refractivity contribution is 9.10. The molecule has 0 spiro atoms. The highest BCUT2D eigenvalue weighted by Crippen LogP contribution is 2.25. The summed E-state index contributed by atoms with van der Waals surface area (Å²) < 4.78 is 1.02. The van der Waals surface area contributed by atoms with Crippen LogP contribution in [0.25, 0.3) is 0 Å². The molecular formula is C11H14BrNO. The molecule has 1 fully saturated rings. The molecule has 1 aromatic rings. The topological polar surface area (TPSA) is 32.3 Å². The van der Waals surface area contributed by atoms with Gasteiger partial charge in [0, 0.05) is 4.47 Å². The minimum absolute atomic E-state index is 0.324. The first kappa shape index (κ1) is 9.99. The lowest BCUT2D eigenvalue weighted by atomic mass is 9.99. The molecule has 2 nitrogen and oxygen atoms in total. The summed E-state index contributed by atoms with van der Waals surface area (Å²) in [6.45, 7) is 2.26. The largest absolute Gasteiger partial charge is 0.508 e. The first-order valence-corrected chi connectivity index (χ1v) is 5.73. The second kappa shape index (κ2) is 4.32. The van der Waals surface area contributed by atoms with E-state index in [9.17, 15) is 5.11 Å². The summed E-state index contributed by atoms with van der Waals surface area (Å²) in [6, 6.07) is 5.51. The van der Waals surface area contributed by atoms with Gasteiger partial charge in [0.15, 0.2) is 0 Å². The number of hydrogen-bond donors (Lipinski definition) is 2. The minimum atomic E-state index is 0.324. The molecule has 0 aliphatic carbocycles. The minimum Gasteiger partial charge on any atom is -0.508 e. The van der Waals surface area contributed by atoms with Crippen molar-refractivity contribution in [3.63, 3.8) is 0 Å². The predicted molar refractivity (Wildman–Crippen MR) is 60.5 cm³/mol. The van der Waals surface area contributed by atoms with Gasteiger partial charge in [0.2, 0.25) is 0 Å². The van der Waals surface area contributed by atoms with Crippen LogP contribution in [0.15, 0.2) is 22.7 Å². The number of halogens is 1. The number of phenols is 1. The molecule has 1 unspecified atom stereocenters. The molecule has 76 valence electrons. The molecule has 2 N–H and O–H groups in total. The normalized spacial score (nSPS) is 21.4. The molecule has 1 aliphatic heterocycles. The van der Waals surface area contributed by atoms with Gasteiger partial charge in [0.1, 0.15) is 5.75 Å². The fourth-order valence-electron chi connectivity index (χ4n) is 1.90. The quantitative estimate of drug-likeness (QED) is 0.851. The third-order valence-electron chi connectivity index (χ3n) is 2.71. The van der Waals surface area contributed by atoms with Crippen molar-refractivity contribution >= 4 is 15.9 Å². The van der Waals surface area contributed by atoms with E-state index >= 15 is 0 Å². The molecule has 0 aromatic heterocycles. The zero-order valence-corrected chi connectivity index (χ0v) is 9.55. The van der Waals surface area contributed by atoms with Crippen LogP contribution >= 0.6 is 15.9 Å². The average Bonchev–Trinajstić information content (AvgIpc) is 2.62. The fraction of sp³-hybridized carbons (Fsp3) is 0.455. The smallest absolute Gasteiger partial charge is 0.116 e. The number of hydrogen-bond acceptors (Lipinski definition) is 2. The van der Waals surface area contributed by atoms with Crippen LogP contribution in [0.4, 0.5) is 0 Å². The zero-order chi connectivity index (χ0) is 9.97. The van der Waals surface area contributed by atoms with Crippen molar-refractivity contribution in [2.24, 2.45) is 5.92 Å². The highest BCUT2D eigenvalue weighted by Gasteiger charge is 2.15. The lowest BCUT2D eigenvalue weighted by Gasteiger charge is -2.10. The van der Waals surface area contributed by atoms with Crippen LogP contribution in [0.5, 0.6) is 5.75 Å². The fourth-order valence-corrected chi connectivity index (χ4v) is 2.43. The number of nitrogens with one attached hydrogen (secondary N) is 1. The predicted octanol–water partition coefficient (Wildman–Crippen LogP) is 2.31. The molecule has 2 rings (SSSR count). The Hall–Kier alpha value is -0.540. The third kappa shape index (κ3) is 2.28. The zero-order valence-electron chi connectivity index (χ0n) is 7.96. The van der Waals surface area contributed by atoms with Gasteiger partial charge in [-0.05, 0) is 49.5 Å². The first-order chi connectivity index (χ1) is 6.75. The van der Waals surface area contributed by atoms with Gasteiger partial charge in [-0.3, -0.25) is 0 Å². The summed E-state index contributed by atoms with van der Waals surface area (Å²) in [4.78, 5) is 0. The first-order valence-electron chi connectivity index (χ1n) is 4.94. The van der Waals surface area contributed by atoms with E-state index in [4.69, 9.17) is 0 Å². The van der Waals surface area contributed by atoms with Gasteiger partial charge in [-0.25, -0.2) is 0 Å². The average molecular weight is 256 g/mol. The van der Waals surface area contributed by atoms with Crippen molar-refractivity contribution in [3.05, 3.63) is 28.2 Å². The lowest BCUT2D eigenvalue weighted by molar-refractivity contribution is 0.474. The molecule has 1 saturated heterocycles. The van der Waals surface area contributed by atoms with Gasteiger partial charge in [-0.2, -0.15) is 0 Å². The Kier molecular flexibility index (Phi) is 3.08. The second-order valence-corrected chi connectivity index (χ2v) is 4.69. The van der Waals surface area contributed by atoms with Crippen molar-refractivity contribution in [3.8, 4) is 5.75 Å². The molecule has 1 aliphatic rings. The van der Waals surface area contributed by atoms with Crippen molar-refractivity contribution in [1.82, 2.24) is 5.32 Å². The standard InChI is InChI=1S/C11H14BrNO/c12-11-6-10(14)2-1-9(11)5-8-3-4-13-7-8/h1-2,6,8,13-14H,3-5,7H2. The van der Waals surface area contributed by atoms with Gasteiger partial charge in [-0.1, -0.05) is 22.0 Å². The van der Waals surface area contributed by atoms with Crippen molar-refractivity contribution in [2.75, 3.05) is 13.1 Å². The second-order valence-electron chi connectivity index (χ2n) is 3.84. The third-order valence-corrected chi connectivity index (χ3v) is 3.45. The Labute approximate surface area is 92.5 Å². The Morgan fingerprint density at radius 2 is 2.36 bits per heavy atom. The maximum absolute atomic E-state index is 9.26. The monoisotopic (exact) mass is 255 g/mol. The van der Waals surface area contributed by atoms with E-state index in [1.54, 1.807) is 12.1 Å². The summed E-state index contributed by atoms with van der Waals surface area (Å²) in [5.41, 5.74) is 1.29. The molecule has 1 aromatic carbocycles.